The van der Waals surface area contributed by atoms with Gasteiger partial charge in [0.2, 0.25) is 5.91 Å². The third-order valence-electron chi connectivity index (χ3n) is 1.76. The first kappa shape index (κ1) is 11.5. The van der Waals surface area contributed by atoms with E-state index in [1.54, 1.807) is 6.07 Å². The zero-order valence-electron chi connectivity index (χ0n) is 8.14. The van der Waals surface area contributed by atoms with E-state index in [9.17, 15) is 14.9 Å². The molecule has 1 rings (SSSR count). The van der Waals surface area contributed by atoms with Crippen LogP contribution in [-0.4, -0.2) is 10.8 Å². The quantitative estimate of drug-likeness (QED) is 0.447. The number of nitrogens with zero attached hydrogens (tertiary/aromatic N) is 2. The van der Waals surface area contributed by atoms with Gasteiger partial charge in [-0.15, -0.1) is 0 Å². The molecule has 3 N–H and O–H groups in total. The van der Waals surface area contributed by atoms with Crippen molar-refractivity contribution in [3.63, 3.8) is 0 Å². The summed E-state index contributed by atoms with van der Waals surface area (Å²) in [7, 11) is 0. The molecule has 0 aliphatic carbocycles. The Morgan fingerprint density at radius 3 is 2.88 bits per heavy atom. The van der Waals surface area contributed by atoms with Crippen LogP contribution in [-0.2, 0) is 4.79 Å². The fourth-order valence-electron chi connectivity index (χ4n) is 1.03. The van der Waals surface area contributed by atoms with Crippen LogP contribution in [0.5, 0.6) is 0 Å². The number of rotatable bonds is 3. The van der Waals surface area contributed by atoms with Crippen molar-refractivity contribution in [3.8, 4) is 6.07 Å². The number of carbonyl (C=O) groups excluding carboxylic acids is 1. The van der Waals surface area contributed by atoms with Gasteiger partial charge in [0.05, 0.1) is 22.4 Å². The first-order valence-electron chi connectivity index (χ1n) is 4.25. The van der Waals surface area contributed by atoms with Crippen molar-refractivity contribution in [3.05, 3.63) is 28.3 Å². The van der Waals surface area contributed by atoms with Gasteiger partial charge in [-0.1, -0.05) is 0 Å². The van der Waals surface area contributed by atoms with Crippen molar-refractivity contribution in [1.29, 1.82) is 5.26 Å². The summed E-state index contributed by atoms with van der Waals surface area (Å²) in [6.45, 7) is 0. The standard InChI is InChI=1S/C9H8N4O3/c10-4-3-9(14)12-8-5-6(13(15)16)1-2-7(8)11/h1-2,5H,3,11H2,(H,12,14). The second kappa shape index (κ2) is 4.75. The minimum Gasteiger partial charge on any atom is -0.397 e. The van der Waals surface area contributed by atoms with Gasteiger partial charge in [-0.3, -0.25) is 14.9 Å². The predicted octanol–water partition coefficient (Wildman–Crippen LogP) is 1.03. The topological polar surface area (TPSA) is 122 Å². The Morgan fingerprint density at radius 1 is 1.62 bits per heavy atom. The monoisotopic (exact) mass is 220 g/mol. The zero-order valence-corrected chi connectivity index (χ0v) is 8.14. The smallest absolute Gasteiger partial charge is 0.271 e. The molecule has 7 heteroatoms. The van der Waals surface area contributed by atoms with E-state index in [0.29, 0.717) is 0 Å². The van der Waals surface area contributed by atoms with Crippen LogP contribution in [0.25, 0.3) is 0 Å². The molecule has 0 aliphatic heterocycles. The van der Waals surface area contributed by atoms with Crippen LogP contribution in [0.4, 0.5) is 17.1 Å². The number of hydrogen-bond donors (Lipinski definition) is 2. The largest absolute Gasteiger partial charge is 0.397 e. The van der Waals surface area contributed by atoms with Gasteiger partial charge in [-0.05, 0) is 6.07 Å². The first-order valence-corrected chi connectivity index (χ1v) is 4.25. The number of non-ortho nitro benzene ring substituents is 1. The van der Waals surface area contributed by atoms with Gasteiger partial charge in [0, 0.05) is 12.1 Å². The number of hydrogen-bond acceptors (Lipinski definition) is 5. The van der Waals surface area contributed by atoms with Crippen LogP contribution < -0.4 is 11.1 Å². The maximum absolute atomic E-state index is 11.1. The van der Waals surface area contributed by atoms with E-state index in [2.05, 4.69) is 5.32 Å². The lowest BCUT2D eigenvalue weighted by atomic mass is 10.2. The van der Waals surface area contributed by atoms with Gasteiger partial charge in [0.1, 0.15) is 6.42 Å². The first-order chi connectivity index (χ1) is 7.54. The second-order valence-corrected chi connectivity index (χ2v) is 2.91. The molecule has 0 fully saturated rings. The SMILES string of the molecule is N#CCC(=O)Nc1cc([N+](=O)[O-])ccc1N. The summed E-state index contributed by atoms with van der Waals surface area (Å²) in [5.74, 6) is -0.560. The molecule has 0 radical (unpaired) electrons. The Balaban J connectivity index is 2.95. The molecule has 7 nitrogen and oxygen atoms in total. The van der Waals surface area contributed by atoms with Crippen molar-refractivity contribution in [1.82, 2.24) is 0 Å². The van der Waals surface area contributed by atoms with E-state index in [1.165, 1.54) is 12.1 Å². The Morgan fingerprint density at radius 2 is 2.31 bits per heavy atom. The van der Waals surface area contributed by atoms with Crippen molar-refractivity contribution in [2.75, 3.05) is 11.1 Å². The molecule has 0 saturated carbocycles. The average molecular weight is 220 g/mol. The van der Waals surface area contributed by atoms with E-state index >= 15 is 0 Å². The highest BCUT2D eigenvalue weighted by Gasteiger charge is 2.11. The number of nitrogens with one attached hydrogen (secondary N) is 1. The van der Waals surface area contributed by atoms with Crippen LogP contribution in [0.2, 0.25) is 0 Å². The van der Waals surface area contributed by atoms with Crippen molar-refractivity contribution >= 4 is 23.0 Å². The van der Waals surface area contributed by atoms with Crippen LogP contribution in [0.15, 0.2) is 18.2 Å². The summed E-state index contributed by atoms with van der Waals surface area (Å²) in [6, 6.07) is 5.35. The molecule has 82 valence electrons. The number of anilines is 2. The van der Waals surface area contributed by atoms with Gasteiger partial charge in [-0.25, -0.2) is 0 Å². The summed E-state index contributed by atoms with van der Waals surface area (Å²) in [5, 5.41) is 21.1. The van der Waals surface area contributed by atoms with Crippen LogP contribution >= 0.6 is 0 Å². The number of nitrogens with two attached hydrogens (primary N) is 1. The molecule has 0 bridgehead atoms. The highest BCUT2D eigenvalue weighted by atomic mass is 16.6. The Labute approximate surface area is 90.6 Å². The van der Waals surface area contributed by atoms with E-state index in [4.69, 9.17) is 11.0 Å². The molecule has 0 atom stereocenters. The third-order valence-corrected chi connectivity index (χ3v) is 1.76. The van der Waals surface area contributed by atoms with Gasteiger partial charge in [0.25, 0.3) is 5.69 Å². The molecule has 0 aromatic heterocycles. The minimum absolute atomic E-state index is 0.134. The van der Waals surface area contributed by atoms with Gasteiger partial charge < -0.3 is 11.1 Å². The molecule has 0 saturated heterocycles. The summed E-state index contributed by atoms with van der Waals surface area (Å²) in [5.41, 5.74) is 5.67. The van der Waals surface area contributed by atoms with E-state index in [1.807, 2.05) is 0 Å². The van der Waals surface area contributed by atoms with Gasteiger partial charge >= 0.3 is 0 Å². The Bertz CT molecular complexity index is 478. The van der Waals surface area contributed by atoms with Crippen molar-refractivity contribution in [2.45, 2.75) is 6.42 Å². The number of nitrogen functional groups attached to an aromatic ring is 1. The summed E-state index contributed by atoms with van der Waals surface area (Å²) >= 11 is 0. The zero-order chi connectivity index (χ0) is 12.1. The van der Waals surface area contributed by atoms with Crippen molar-refractivity contribution in [2.24, 2.45) is 0 Å². The summed E-state index contributed by atoms with van der Waals surface area (Å²) in [6.07, 6.45) is -0.331. The van der Waals surface area contributed by atoms with Crippen LogP contribution in [0.1, 0.15) is 6.42 Å². The molecule has 1 aromatic rings. The molecule has 1 aromatic carbocycles. The lowest BCUT2D eigenvalue weighted by molar-refractivity contribution is -0.384. The van der Waals surface area contributed by atoms with Crippen LogP contribution in [0.3, 0.4) is 0 Å². The number of amides is 1. The van der Waals surface area contributed by atoms with Gasteiger partial charge in [0.15, 0.2) is 0 Å². The lowest BCUT2D eigenvalue weighted by Crippen LogP contribution is -2.11. The summed E-state index contributed by atoms with van der Waals surface area (Å²) in [4.78, 5) is 21.0. The van der Waals surface area contributed by atoms with E-state index < -0.39 is 10.8 Å². The molecule has 1 amide bonds. The average Bonchev–Trinajstić information content (AvgIpc) is 2.21. The third kappa shape index (κ3) is 2.68. The number of nitriles is 1. The van der Waals surface area contributed by atoms with Crippen molar-refractivity contribution < 1.29 is 9.72 Å². The van der Waals surface area contributed by atoms with Crippen LogP contribution in [0, 0.1) is 21.4 Å². The minimum atomic E-state index is -0.598. The number of benzene rings is 1. The van der Waals surface area contributed by atoms with E-state index in [-0.39, 0.29) is 23.5 Å². The fourth-order valence-corrected chi connectivity index (χ4v) is 1.03. The predicted molar refractivity (Wildman–Crippen MR) is 56.4 cm³/mol. The molecule has 0 unspecified atom stereocenters. The Kier molecular flexibility index (Phi) is 3.40. The number of nitro benzene ring substituents is 1. The molecule has 16 heavy (non-hydrogen) atoms. The molecular formula is C9H8N4O3. The van der Waals surface area contributed by atoms with E-state index in [0.717, 1.165) is 6.07 Å². The number of nitro groups is 1. The fraction of sp³-hybridized carbons (Fsp3) is 0.111. The normalized spacial score (nSPS) is 9.19. The maximum atomic E-state index is 11.1. The highest BCUT2D eigenvalue weighted by Crippen LogP contribution is 2.24. The van der Waals surface area contributed by atoms with Gasteiger partial charge in [-0.2, -0.15) is 5.26 Å². The Hall–Kier alpha value is -2.62. The lowest BCUT2D eigenvalue weighted by Gasteiger charge is -2.05. The molecule has 0 heterocycles. The molecular weight excluding hydrogens is 212 g/mol. The second-order valence-electron chi connectivity index (χ2n) is 2.91. The maximum Gasteiger partial charge on any atom is 0.271 e. The summed E-state index contributed by atoms with van der Waals surface area (Å²) < 4.78 is 0. The number of carbonyl (C=O) groups is 1. The molecule has 0 spiro atoms. The highest BCUT2D eigenvalue weighted by molar-refractivity contribution is 5.95. The molecule has 0 aliphatic rings.